The summed E-state index contributed by atoms with van der Waals surface area (Å²) in [6, 6.07) is 9.93. The summed E-state index contributed by atoms with van der Waals surface area (Å²) < 4.78 is 16.9. The van der Waals surface area contributed by atoms with Crippen LogP contribution in [-0.2, 0) is 30.0 Å². The van der Waals surface area contributed by atoms with E-state index in [1.165, 1.54) is 6.08 Å². The van der Waals surface area contributed by atoms with E-state index in [0.717, 1.165) is 18.4 Å². The number of carbonyl (C=O) groups is 2. The van der Waals surface area contributed by atoms with Crippen LogP contribution in [0.1, 0.15) is 18.4 Å². The lowest BCUT2D eigenvalue weighted by Crippen LogP contribution is -2.29. The van der Waals surface area contributed by atoms with Crippen molar-refractivity contribution in [3.8, 4) is 0 Å². The minimum atomic E-state index is -0.462. The van der Waals surface area contributed by atoms with Gasteiger partial charge in [-0.2, -0.15) is 0 Å². The second kappa shape index (κ2) is 10.9. The van der Waals surface area contributed by atoms with Crippen molar-refractivity contribution in [3.63, 3.8) is 0 Å². The summed E-state index contributed by atoms with van der Waals surface area (Å²) in [6.45, 7) is 1.01. The number of benzene rings is 1. The summed E-state index contributed by atoms with van der Waals surface area (Å²) in [4.78, 5) is 23.2. The third-order valence-corrected chi connectivity index (χ3v) is 4.22. The molecule has 0 bridgehead atoms. The van der Waals surface area contributed by atoms with Gasteiger partial charge in [0.1, 0.15) is 6.23 Å². The lowest BCUT2D eigenvalue weighted by Gasteiger charge is -2.22. The second-order valence-electron chi connectivity index (χ2n) is 5.57. The van der Waals surface area contributed by atoms with Crippen molar-refractivity contribution in [2.24, 2.45) is 0 Å². The first-order chi connectivity index (χ1) is 12.2. The van der Waals surface area contributed by atoms with Gasteiger partial charge in [0, 0.05) is 19.3 Å². The molecule has 0 aromatic heterocycles. The van der Waals surface area contributed by atoms with E-state index in [0.29, 0.717) is 19.6 Å². The lowest BCUT2D eigenvalue weighted by atomic mass is 10.2. The number of hydrogen-bond acceptors (Lipinski definition) is 6. The third kappa shape index (κ3) is 7.32. The highest BCUT2D eigenvalue weighted by Gasteiger charge is 2.27. The number of nitrogens with zero attached hydrogens (tertiary/aromatic N) is 1. The minimum Gasteiger partial charge on any atom is -0.355 e. The summed E-state index contributed by atoms with van der Waals surface area (Å²) in [5.41, 5.74) is 1.11. The highest BCUT2D eigenvalue weighted by molar-refractivity contribution is 7.26. The van der Waals surface area contributed by atoms with Crippen molar-refractivity contribution in [1.29, 1.82) is 0 Å². The Hall–Kier alpha value is -1.79. The van der Waals surface area contributed by atoms with Gasteiger partial charge >= 0.3 is 0 Å². The molecular weight excluding hydrogens is 343 g/mol. The molecule has 1 aromatic carbocycles. The van der Waals surface area contributed by atoms with Crippen LogP contribution in [0, 0.1) is 0 Å². The van der Waals surface area contributed by atoms with Crippen LogP contribution in [0.4, 0.5) is 0 Å². The van der Waals surface area contributed by atoms with Gasteiger partial charge in [-0.3, -0.25) is 14.9 Å². The Bertz CT molecular complexity index is 569. The average molecular weight is 366 g/mol. The van der Waals surface area contributed by atoms with E-state index in [-0.39, 0.29) is 21.4 Å². The quantitative estimate of drug-likeness (QED) is 0.295. The molecule has 1 saturated heterocycles. The molecule has 1 aliphatic heterocycles. The van der Waals surface area contributed by atoms with Crippen LogP contribution in [0.5, 0.6) is 0 Å². The van der Waals surface area contributed by atoms with Gasteiger partial charge < -0.3 is 18.7 Å². The minimum absolute atomic E-state index is 0.0116. The van der Waals surface area contributed by atoms with Gasteiger partial charge in [0.15, 0.2) is 9.03 Å². The number of hydrogen-bond donors (Lipinski definition) is 1. The van der Waals surface area contributed by atoms with Gasteiger partial charge in [-0.25, -0.2) is 0 Å². The molecule has 3 unspecified atom stereocenters. The monoisotopic (exact) mass is 366 g/mol. The maximum Gasteiger partial charge on any atom is 0.251 e. The van der Waals surface area contributed by atoms with Crippen LogP contribution >= 0.6 is 9.03 Å². The fourth-order valence-electron chi connectivity index (χ4n) is 2.35. The summed E-state index contributed by atoms with van der Waals surface area (Å²) in [5, 5.41) is 2.05. The first kappa shape index (κ1) is 19.5. The van der Waals surface area contributed by atoms with Crippen LogP contribution in [0.15, 0.2) is 42.6 Å². The Morgan fingerprint density at radius 1 is 1.36 bits per heavy atom. The molecular formula is C17H23N2O5P. The molecule has 8 heteroatoms. The Labute approximate surface area is 149 Å². The van der Waals surface area contributed by atoms with Gasteiger partial charge in [-0.1, -0.05) is 30.3 Å². The normalized spacial score (nSPS) is 20.4. The van der Waals surface area contributed by atoms with Crippen LogP contribution in [0.3, 0.4) is 0 Å². The van der Waals surface area contributed by atoms with Gasteiger partial charge in [-0.05, 0) is 18.4 Å². The predicted octanol–water partition coefficient (Wildman–Crippen LogP) is 1.95. The number of imide groups is 1. The van der Waals surface area contributed by atoms with E-state index < -0.39 is 5.91 Å². The molecule has 0 aliphatic carbocycles. The van der Waals surface area contributed by atoms with Crippen LogP contribution in [-0.4, -0.2) is 43.2 Å². The largest absolute Gasteiger partial charge is 0.355 e. The highest BCUT2D eigenvalue weighted by Crippen LogP contribution is 2.25. The Kier molecular flexibility index (Phi) is 8.55. The predicted molar refractivity (Wildman–Crippen MR) is 94.5 cm³/mol. The zero-order valence-corrected chi connectivity index (χ0v) is 15.1. The third-order valence-electron chi connectivity index (χ3n) is 3.67. The molecule has 0 saturated carbocycles. The standard InChI is InChI=1S/C17H23N2O5P/c1-19(10-9-16(21)18-13-20)17-8-7-15(24-17)12-23-25-22-11-14-5-3-2-4-6-14/h2-6,9-10,13,15,17,25H,7-8,11-12H2,1H3,(H,18,20,21)/b10-9-. The fourth-order valence-corrected chi connectivity index (χ4v) is 2.91. The van der Waals surface area contributed by atoms with E-state index in [1.54, 1.807) is 11.1 Å². The number of carbonyl (C=O) groups excluding carboxylic acids is 2. The van der Waals surface area contributed by atoms with Crippen molar-refractivity contribution in [2.75, 3.05) is 13.7 Å². The molecule has 0 spiro atoms. The molecule has 136 valence electrons. The van der Waals surface area contributed by atoms with Crippen molar-refractivity contribution < 1.29 is 23.4 Å². The number of ether oxygens (including phenoxy) is 1. The summed E-state index contributed by atoms with van der Waals surface area (Å²) in [6.07, 6.45) is 4.87. The summed E-state index contributed by atoms with van der Waals surface area (Å²) in [7, 11) is 1.80. The zero-order chi connectivity index (χ0) is 17.9. The molecule has 1 heterocycles. The maximum absolute atomic E-state index is 11.2. The molecule has 2 rings (SSSR count). The first-order valence-corrected chi connectivity index (χ1v) is 8.83. The Morgan fingerprint density at radius 3 is 2.92 bits per heavy atom. The summed E-state index contributed by atoms with van der Waals surface area (Å²) >= 11 is 0. The number of amides is 2. The smallest absolute Gasteiger partial charge is 0.251 e. The van der Waals surface area contributed by atoms with Gasteiger partial charge in [0.2, 0.25) is 6.41 Å². The molecule has 1 N–H and O–H groups in total. The topological polar surface area (TPSA) is 77.1 Å². The van der Waals surface area contributed by atoms with Crippen LogP contribution in [0.25, 0.3) is 0 Å². The first-order valence-electron chi connectivity index (χ1n) is 8.01. The molecule has 2 amide bonds. The maximum atomic E-state index is 11.2. The van der Waals surface area contributed by atoms with E-state index in [9.17, 15) is 9.59 Å². The van der Waals surface area contributed by atoms with Crippen LogP contribution in [0.2, 0.25) is 0 Å². The zero-order valence-electron chi connectivity index (χ0n) is 14.1. The SMILES string of the molecule is CN(/C=C\C(=O)NC=O)C1CCC(COPOCc2ccccc2)O1. The van der Waals surface area contributed by atoms with Gasteiger partial charge in [-0.15, -0.1) is 0 Å². The van der Waals surface area contributed by atoms with E-state index in [2.05, 4.69) is 0 Å². The van der Waals surface area contributed by atoms with Crippen LogP contribution < -0.4 is 5.32 Å². The highest BCUT2D eigenvalue weighted by atomic mass is 31.1. The molecule has 1 aliphatic rings. The number of rotatable bonds is 10. The molecule has 1 aromatic rings. The van der Waals surface area contributed by atoms with Crippen molar-refractivity contribution in [3.05, 3.63) is 48.2 Å². The Morgan fingerprint density at radius 2 is 2.16 bits per heavy atom. The molecule has 0 radical (unpaired) electrons. The average Bonchev–Trinajstić information content (AvgIpc) is 3.09. The number of nitrogens with one attached hydrogen (secondary N) is 1. The Balaban J connectivity index is 1.59. The van der Waals surface area contributed by atoms with E-state index in [1.807, 2.05) is 42.7 Å². The molecule has 25 heavy (non-hydrogen) atoms. The van der Waals surface area contributed by atoms with Crippen molar-refractivity contribution in [2.45, 2.75) is 31.8 Å². The van der Waals surface area contributed by atoms with Crippen molar-refractivity contribution in [1.82, 2.24) is 10.2 Å². The molecule has 7 nitrogen and oxygen atoms in total. The van der Waals surface area contributed by atoms with Gasteiger partial charge in [0.25, 0.3) is 5.91 Å². The molecule has 3 atom stereocenters. The van der Waals surface area contributed by atoms with E-state index >= 15 is 0 Å². The van der Waals surface area contributed by atoms with Gasteiger partial charge in [0.05, 0.1) is 19.3 Å². The van der Waals surface area contributed by atoms with E-state index in [4.69, 9.17) is 13.8 Å². The van der Waals surface area contributed by atoms with Crippen molar-refractivity contribution >= 4 is 21.4 Å². The molecule has 1 fully saturated rings. The second-order valence-corrected chi connectivity index (χ2v) is 6.31. The lowest BCUT2D eigenvalue weighted by molar-refractivity contribution is -0.121. The fraction of sp³-hybridized carbons (Fsp3) is 0.412. The summed E-state index contributed by atoms with van der Waals surface area (Å²) in [5.74, 6) is -0.462.